The average molecular weight is 266 g/mol. The van der Waals surface area contributed by atoms with Gasteiger partial charge in [0, 0.05) is 6.54 Å². The highest BCUT2D eigenvalue weighted by atomic mass is 16.2. The lowest BCUT2D eigenvalue weighted by Gasteiger charge is -2.42. The average Bonchev–Trinajstić information content (AvgIpc) is 2.37. The van der Waals surface area contributed by atoms with Gasteiger partial charge in [0.15, 0.2) is 0 Å². The number of hydrogen-bond acceptors (Lipinski definition) is 2. The van der Waals surface area contributed by atoms with Gasteiger partial charge in [-0.15, -0.1) is 0 Å². The van der Waals surface area contributed by atoms with Crippen molar-refractivity contribution in [1.82, 2.24) is 10.2 Å². The summed E-state index contributed by atoms with van der Waals surface area (Å²) in [6.07, 6.45) is 4.72. The van der Waals surface area contributed by atoms with E-state index < -0.39 is 0 Å². The molecule has 1 aliphatic heterocycles. The van der Waals surface area contributed by atoms with Crippen LogP contribution in [0.5, 0.6) is 0 Å². The molecule has 0 aromatic rings. The zero-order chi connectivity index (χ0) is 14.6. The molecule has 108 valence electrons. The van der Waals surface area contributed by atoms with Gasteiger partial charge in [0.05, 0.1) is 0 Å². The molecule has 1 rings (SSSR count). The largest absolute Gasteiger partial charge is 0.342 e. The number of nitrogens with zero attached hydrogens (tertiary/aromatic N) is 1. The molecule has 3 atom stereocenters. The predicted octanol–water partition coefficient (Wildman–Crippen LogP) is 1.96. The van der Waals surface area contributed by atoms with Crippen LogP contribution in [0.3, 0.4) is 0 Å². The number of rotatable bonds is 5. The highest BCUT2D eigenvalue weighted by molar-refractivity contribution is 5.97. The molecule has 4 heteroatoms. The van der Waals surface area contributed by atoms with Gasteiger partial charge in [-0.2, -0.15) is 0 Å². The molecule has 1 N–H and O–H groups in total. The van der Waals surface area contributed by atoms with Crippen molar-refractivity contribution in [2.24, 2.45) is 11.8 Å². The second-order valence-corrected chi connectivity index (χ2v) is 5.62. The molecular formula is C15H26N2O2. The van der Waals surface area contributed by atoms with Crippen molar-refractivity contribution >= 4 is 11.8 Å². The van der Waals surface area contributed by atoms with Gasteiger partial charge in [0.1, 0.15) is 12.1 Å². The third kappa shape index (κ3) is 3.37. The van der Waals surface area contributed by atoms with Crippen molar-refractivity contribution in [2.75, 3.05) is 6.54 Å². The van der Waals surface area contributed by atoms with Gasteiger partial charge in [-0.05, 0) is 18.8 Å². The summed E-state index contributed by atoms with van der Waals surface area (Å²) in [5.41, 5.74) is 0. The molecule has 0 spiro atoms. The van der Waals surface area contributed by atoms with Crippen LogP contribution < -0.4 is 5.32 Å². The van der Waals surface area contributed by atoms with Gasteiger partial charge in [0.2, 0.25) is 11.8 Å². The first-order chi connectivity index (χ1) is 8.93. The summed E-state index contributed by atoms with van der Waals surface area (Å²) < 4.78 is 0. The monoisotopic (exact) mass is 266 g/mol. The lowest BCUT2D eigenvalue weighted by Crippen LogP contribution is -2.66. The summed E-state index contributed by atoms with van der Waals surface area (Å²) >= 11 is 0. The normalized spacial score (nSPS) is 26.1. The third-order valence-electron chi connectivity index (χ3n) is 3.83. The Labute approximate surface area is 116 Å². The number of piperazine rings is 1. The van der Waals surface area contributed by atoms with Gasteiger partial charge in [-0.3, -0.25) is 9.59 Å². The summed E-state index contributed by atoms with van der Waals surface area (Å²) in [6, 6.07) is -0.734. The molecule has 0 radical (unpaired) electrons. The smallest absolute Gasteiger partial charge is 0.246 e. The first-order valence-corrected chi connectivity index (χ1v) is 7.16. The van der Waals surface area contributed by atoms with Crippen molar-refractivity contribution in [3.8, 4) is 0 Å². The van der Waals surface area contributed by atoms with Crippen molar-refractivity contribution < 1.29 is 9.59 Å². The lowest BCUT2D eigenvalue weighted by molar-refractivity contribution is -0.151. The number of nitrogens with one attached hydrogen (secondary N) is 1. The quantitative estimate of drug-likeness (QED) is 0.773. The zero-order valence-corrected chi connectivity index (χ0v) is 12.6. The molecule has 19 heavy (non-hydrogen) atoms. The molecule has 3 unspecified atom stereocenters. The molecule has 1 heterocycles. The third-order valence-corrected chi connectivity index (χ3v) is 3.83. The van der Waals surface area contributed by atoms with Crippen LogP contribution in [0.4, 0.5) is 0 Å². The highest BCUT2D eigenvalue weighted by Gasteiger charge is 2.42. The molecule has 1 saturated heterocycles. The van der Waals surface area contributed by atoms with E-state index in [-0.39, 0.29) is 35.7 Å². The van der Waals surface area contributed by atoms with Gasteiger partial charge >= 0.3 is 0 Å². The summed E-state index contributed by atoms with van der Waals surface area (Å²) in [4.78, 5) is 26.5. The Morgan fingerprint density at radius 3 is 2.42 bits per heavy atom. The minimum absolute atomic E-state index is 0.0237. The van der Waals surface area contributed by atoms with Crippen molar-refractivity contribution in [3.05, 3.63) is 12.2 Å². The molecule has 1 aliphatic rings. The maximum atomic E-state index is 12.6. The van der Waals surface area contributed by atoms with Crippen LogP contribution in [0.25, 0.3) is 0 Å². The standard InChI is InChI=1S/C15H26N2O2/c1-6-8-9-17-13(10(3)4)14(18)16-12(15(17)19)11(5)7-2/h6,8,10-13H,7,9H2,1-5H3,(H,16,18)/b8-6+. The molecular weight excluding hydrogens is 240 g/mol. The van der Waals surface area contributed by atoms with Gasteiger partial charge in [0.25, 0.3) is 0 Å². The van der Waals surface area contributed by atoms with Crippen molar-refractivity contribution in [3.63, 3.8) is 0 Å². The Morgan fingerprint density at radius 2 is 1.95 bits per heavy atom. The van der Waals surface area contributed by atoms with E-state index in [0.29, 0.717) is 6.54 Å². The number of hydrogen-bond donors (Lipinski definition) is 1. The van der Waals surface area contributed by atoms with E-state index in [0.717, 1.165) is 6.42 Å². The van der Waals surface area contributed by atoms with Gasteiger partial charge in [-0.25, -0.2) is 0 Å². The fourth-order valence-corrected chi connectivity index (χ4v) is 2.46. The zero-order valence-electron chi connectivity index (χ0n) is 12.6. The summed E-state index contributed by atoms with van der Waals surface area (Å²) in [5.74, 6) is 0.305. The van der Waals surface area contributed by atoms with Crippen LogP contribution in [0.1, 0.15) is 41.0 Å². The lowest BCUT2D eigenvalue weighted by atomic mass is 9.91. The first-order valence-electron chi connectivity index (χ1n) is 7.16. The molecule has 0 aromatic carbocycles. The Kier molecular flexibility index (Phi) is 5.58. The fourth-order valence-electron chi connectivity index (χ4n) is 2.46. The topological polar surface area (TPSA) is 49.4 Å². The second-order valence-electron chi connectivity index (χ2n) is 5.62. The number of carbonyl (C=O) groups is 2. The molecule has 0 saturated carbocycles. The highest BCUT2D eigenvalue weighted by Crippen LogP contribution is 2.21. The maximum absolute atomic E-state index is 12.6. The summed E-state index contributed by atoms with van der Waals surface area (Å²) in [5, 5.41) is 2.90. The maximum Gasteiger partial charge on any atom is 0.246 e. The second kappa shape index (κ2) is 6.73. The first kappa shape index (κ1) is 15.7. The van der Waals surface area contributed by atoms with E-state index in [1.54, 1.807) is 4.90 Å². The van der Waals surface area contributed by atoms with Crippen LogP contribution in [-0.4, -0.2) is 35.3 Å². The van der Waals surface area contributed by atoms with E-state index in [4.69, 9.17) is 0 Å². The minimum atomic E-state index is -0.377. The predicted molar refractivity (Wildman–Crippen MR) is 76.5 cm³/mol. The Balaban J connectivity index is 3.01. The van der Waals surface area contributed by atoms with Crippen LogP contribution in [-0.2, 0) is 9.59 Å². The molecule has 0 aliphatic carbocycles. The van der Waals surface area contributed by atoms with E-state index >= 15 is 0 Å². The van der Waals surface area contributed by atoms with Crippen LogP contribution in [0.2, 0.25) is 0 Å². The fraction of sp³-hybridized carbons (Fsp3) is 0.733. The summed E-state index contributed by atoms with van der Waals surface area (Å²) in [6.45, 7) is 10.4. The van der Waals surface area contributed by atoms with Gasteiger partial charge < -0.3 is 10.2 Å². The van der Waals surface area contributed by atoms with E-state index in [1.807, 2.05) is 46.8 Å². The van der Waals surface area contributed by atoms with Crippen molar-refractivity contribution in [1.29, 1.82) is 0 Å². The van der Waals surface area contributed by atoms with Crippen molar-refractivity contribution in [2.45, 2.75) is 53.1 Å². The van der Waals surface area contributed by atoms with Gasteiger partial charge in [-0.1, -0.05) is 46.3 Å². The molecule has 4 nitrogen and oxygen atoms in total. The van der Waals surface area contributed by atoms with E-state index in [1.165, 1.54) is 0 Å². The Hall–Kier alpha value is -1.32. The number of carbonyl (C=O) groups excluding carboxylic acids is 2. The van der Waals surface area contributed by atoms with E-state index in [9.17, 15) is 9.59 Å². The number of amides is 2. The molecule has 0 aromatic heterocycles. The summed E-state index contributed by atoms with van der Waals surface area (Å²) in [7, 11) is 0. The minimum Gasteiger partial charge on any atom is -0.342 e. The van der Waals surface area contributed by atoms with Crippen LogP contribution in [0, 0.1) is 11.8 Å². The molecule has 2 amide bonds. The Morgan fingerprint density at radius 1 is 1.32 bits per heavy atom. The SMILES string of the molecule is C/C=C/CN1C(=O)C(C(C)CC)NC(=O)C1C(C)C. The molecule has 0 bridgehead atoms. The molecule has 1 fully saturated rings. The van der Waals surface area contributed by atoms with Crippen LogP contribution in [0.15, 0.2) is 12.2 Å². The van der Waals surface area contributed by atoms with Crippen LogP contribution >= 0.6 is 0 Å². The number of allylic oxidation sites excluding steroid dienone is 1. The Bertz CT molecular complexity index is 363. The van der Waals surface area contributed by atoms with E-state index in [2.05, 4.69) is 5.32 Å².